The van der Waals surface area contributed by atoms with E-state index >= 15 is 0 Å². The van der Waals surface area contributed by atoms with Crippen molar-refractivity contribution < 1.29 is 29.4 Å². The smallest absolute Gasteiger partial charge is 0.303 e. The number of aliphatic imine (C=N–C) groups is 1. The number of aliphatic carboxylic acids is 2. The fourth-order valence-electron chi connectivity index (χ4n) is 6.02. The van der Waals surface area contributed by atoms with E-state index in [0.29, 0.717) is 35.4 Å². The van der Waals surface area contributed by atoms with Crippen LogP contribution in [0.3, 0.4) is 0 Å². The van der Waals surface area contributed by atoms with Crippen LogP contribution in [0.4, 0.5) is 0 Å². The molecule has 0 radical (unpaired) electrons. The second-order valence-electron chi connectivity index (χ2n) is 11.1. The molecule has 3 aliphatic rings. The lowest BCUT2D eigenvalue weighted by Crippen LogP contribution is -2.30. The predicted molar refractivity (Wildman–Crippen MR) is 164 cm³/mol. The largest absolute Gasteiger partial charge is 0.481 e. The first-order valence-corrected chi connectivity index (χ1v) is 14.3. The molecule has 0 bridgehead atoms. The van der Waals surface area contributed by atoms with Crippen LogP contribution in [-0.2, 0) is 32.0 Å². The molecule has 3 aliphatic heterocycles. The molecule has 0 saturated carbocycles. The van der Waals surface area contributed by atoms with E-state index in [9.17, 15) is 29.4 Å². The molecule has 0 fully saturated rings. The summed E-state index contributed by atoms with van der Waals surface area (Å²) < 4.78 is 0. The number of carboxylic acid groups (broad SMARTS) is 2. The number of carboxylic acids is 2. The van der Waals surface area contributed by atoms with Crippen molar-refractivity contribution in [1.82, 2.24) is 15.6 Å². The Hall–Kier alpha value is -4.73. The molecule has 0 unspecified atom stereocenters. The molecule has 2 amide bonds. The highest BCUT2D eigenvalue weighted by molar-refractivity contribution is 6.07. The summed E-state index contributed by atoms with van der Waals surface area (Å²) >= 11 is 0. The highest BCUT2D eigenvalue weighted by Crippen LogP contribution is 2.35. The highest BCUT2D eigenvalue weighted by atomic mass is 16.4. The van der Waals surface area contributed by atoms with Gasteiger partial charge in [0.1, 0.15) is 0 Å². The van der Waals surface area contributed by atoms with Gasteiger partial charge in [-0.1, -0.05) is 25.3 Å². The molecule has 2 atom stereocenters. The summed E-state index contributed by atoms with van der Waals surface area (Å²) in [5, 5.41) is 24.8. The van der Waals surface area contributed by atoms with Crippen LogP contribution in [0.25, 0.3) is 6.08 Å². The molecule has 1 aromatic rings. The first-order chi connectivity index (χ1) is 20.4. The van der Waals surface area contributed by atoms with Gasteiger partial charge >= 0.3 is 11.9 Å². The topological polar surface area (TPSA) is 161 Å². The van der Waals surface area contributed by atoms with Crippen molar-refractivity contribution >= 4 is 35.5 Å². The van der Waals surface area contributed by atoms with Gasteiger partial charge in [0.25, 0.3) is 5.91 Å². The molecule has 4 heterocycles. The van der Waals surface area contributed by atoms with Crippen LogP contribution in [0.1, 0.15) is 69.0 Å². The molecular weight excluding hydrogens is 548 g/mol. The summed E-state index contributed by atoms with van der Waals surface area (Å²) in [5.41, 5.74) is 9.16. The van der Waals surface area contributed by atoms with Crippen LogP contribution >= 0.6 is 0 Å². The van der Waals surface area contributed by atoms with Crippen LogP contribution in [0, 0.1) is 6.92 Å². The number of hydrogen-bond acceptors (Lipinski definition) is 5. The van der Waals surface area contributed by atoms with Crippen molar-refractivity contribution in [3.05, 3.63) is 87.0 Å². The molecule has 10 heteroatoms. The molecular formula is C33H38N4O6. The molecule has 43 heavy (non-hydrogen) atoms. The summed E-state index contributed by atoms with van der Waals surface area (Å²) in [5.74, 6) is -2.17. The number of carbonyl (C=O) groups excluding carboxylic acids is 2. The lowest BCUT2D eigenvalue weighted by Gasteiger charge is -2.13. The summed E-state index contributed by atoms with van der Waals surface area (Å²) in [6.07, 6.45) is 6.39. The first-order valence-electron chi connectivity index (χ1n) is 14.3. The molecule has 10 nitrogen and oxygen atoms in total. The van der Waals surface area contributed by atoms with E-state index < -0.39 is 11.9 Å². The van der Waals surface area contributed by atoms with Gasteiger partial charge in [-0.25, -0.2) is 0 Å². The van der Waals surface area contributed by atoms with E-state index in [0.717, 1.165) is 44.8 Å². The third kappa shape index (κ3) is 6.38. The number of H-pyrrole nitrogens is 1. The summed E-state index contributed by atoms with van der Waals surface area (Å²) in [4.78, 5) is 56.1. The number of aromatic nitrogens is 1. The van der Waals surface area contributed by atoms with Crippen molar-refractivity contribution in [1.29, 1.82) is 0 Å². The number of nitrogens with one attached hydrogen (secondary N) is 3. The van der Waals surface area contributed by atoms with Gasteiger partial charge in [-0.3, -0.25) is 24.2 Å². The van der Waals surface area contributed by atoms with Crippen molar-refractivity contribution in [2.24, 2.45) is 4.99 Å². The van der Waals surface area contributed by atoms with E-state index in [1.807, 2.05) is 26.8 Å². The average molecular weight is 587 g/mol. The number of hydrogen-bond donors (Lipinski definition) is 5. The third-order valence-corrected chi connectivity index (χ3v) is 8.61. The van der Waals surface area contributed by atoms with Crippen molar-refractivity contribution in [3.8, 4) is 0 Å². The standard InChI is InChI=1S/C33H38N4O6/c1-7-20-19(6)32(42)37-27(20)14-25-18(5)23(10-12-31(40)41)29(35-25)15-28-22(9-11-30(38)39)17(4)24(34-28)13-26-16(3)21(8-2)33(43)36-26/h7-8,15,26-27,35H,1-2,9-14H2,3-6H3,(H,36,43)(H,37,42)(H,38,39)(H,40,41)/b28-15-/t26-,27+/m0/s1. The summed E-state index contributed by atoms with van der Waals surface area (Å²) in [7, 11) is 0. The summed E-state index contributed by atoms with van der Waals surface area (Å²) in [6, 6.07) is -0.519. The van der Waals surface area contributed by atoms with E-state index in [2.05, 4.69) is 28.8 Å². The van der Waals surface area contributed by atoms with Gasteiger partial charge in [-0.15, -0.1) is 0 Å². The van der Waals surface area contributed by atoms with Crippen LogP contribution in [0.2, 0.25) is 0 Å². The van der Waals surface area contributed by atoms with E-state index in [4.69, 9.17) is 4.99 Å². The number of rotatable bonds is 13. The van der Waals surface area contributed by atoms with Gasteiger partial charge in [0, 0.05) is 53.9 Å². The first kappa shape index (κ1) is 31.2. The minimum atomic E-state index is -0.925. The number of nitrogens with zero attached hydrogens (tertiary/aromatic N) is 1. The molecule has 0 spiro atoms. The van der Waals surface area contributed by atoms with Gasteiger partial charge in [0.15, 0.2) is 0 Å². The fourth-order valence-corrected chi connectivity index (χ4v) is 6.02. The maximum absolute atomic E-state index is 12.4. The molecule has 0 saturated heterocycles. The van der Waals surface area contributed by atoms with Gasteiger partial charge < -0.3 is 25.8 Å². The number of aromatic amines is 1. The van der Waals surface area contributed by atoms with Crippen LogP contribution in [0.15, 0.2) is 69.4 Å². The molecule has 4 rings (SSSR count). The Morgan fingerprint density at radius 3 is 2.14 bits per heavy atom. The van der Waals surface area contributed by atoms with Crippen LogP contribution in [-0.4, -0.2) is 56.7 Å². The van der Waals surface area contributed by atoms with Crippen molar-refractivity contribution in [2.75, 3.05) is 0 Å². The zero-order valence-corrected chi connectivity index (χ0v) is 25.0. The van der Waals surface area contributed by atoms with Gasteiger partial charge in [0.2, 0.25) is 5.91 Å². The Kier molecular flexibility index (Phi) is 9.18. The zero-order chi connectivity index (χ0) is 31.6. The Morgan fingerprint density at radius 1 is 0.884 bits per heavy atom. The van der Waals surface area contributed by atoms with Crippen molar-refractivity contribution in [2.45, 2.75) is 78.3 Å². The molecule has 5 N–H and O–H groups in total. The number of carbonyl (C=O) groups is 4. The SMILES string of the molecule is C=CC1=C(C)[C@H](CC2=N/C(=C\c3[nH]c(C[C@H]4NC(=O)C(C)=C4C=C)c(C)c3CCC(=O)O)C(CCC(=O)O)=C2C)NC1=O. The normalized spacial score (nSPS) is 21.1. The second-order valence-corrected chi connectivity index (χ2v) is 11.1. The quantitative estimate of drug-likeness (QED) is 0.232. The van der Waals surface area contributed by atoms with Crippen LogP contribution < -0.4 is 10.6 Å². The maximum atomic E-state index is 12.4. The Labute approximate surface area is 250 Å². The van der Waals surface area contributed by atoms with Crippen LogP contribution in [0.5, 0.6) is 0 Å². The Bertz CT molecular complexity index is 1600. The molecule has 1 aromatic heterocycles. The lowest BCUT2D eigenvalue weighted by molar-refractivity contribution is -0.138. The number of allylic oxidation sites excluding steroid dienone is 2. The minimum Gasteiger partial charge on any atom is -0.481 e. The molecule has 226 valence electrons. The van der Waals surface area contributed by atoms with E-state index in [1.165, 1.54) is 0 Å². The van der Waals surface area contributed by atoms with Gasteiger partial charge in [-0.2, -0.15) is 0 Å². The number of amides is 2. The molecule has 0 aliphatic carbocycles. The predicted octanol–water partition coefficient (Wildman–Crippen LogP) is 4.25. The minimum absolute atomic E-state index is 0.0702. The van der Waals surface area contributed by atoms with E-state index in [-0.39, 0.29) is 49.6 Å². The fraction of sp³-hybridized carbons (Fsp3) is 0.364. The highest BCUT2D eigenvalue weighted by Gasteiger charge is 2.32. The zero-order valence-electron chi connectivity index (χ0n) is 25.0. The lowest BCUT2D eigenvalue weighted by atomic mass is 9.95. The van der Waals surface area contributed by atoms with Crippen molar-refractivity contribution in [3.63, 3.8) is 0 Å². The van der Waals surface area contributed by atoms with Gasteiger partial charge in [0.05, 0.1) is 17.8 Å². The monoisotopic (exact) mass is 586 g/mol. The summed E-state index contributed by atoms with van der Waals surface area (Å²) in [6.45, 7) is 15.1. The average Bonchev–Trinajstić information content (AvgIpc) is 3.59. The van der Waals surface area contributed by atoms with E-state index in [1.54, 1.807) is 19.1 Å². The Morgan fingerprint density at radius 2 is 1.53 bits per heavy atom. The maximum Gasteiger partial charge on any atom is 0.303 e. The van der Waals surface area contributed by atoms with Gasteiger partial charge in [-0.05, 0) is 80.0 Å². The third-order valence-electron chi connectivity index (χ3n) is 8.61. The molecule has 0 aromatic carbocycles. The Balaban J connectivity index is 1.75. The second kappa shape index (κ2) is 12.6.